The second-order valence-electron chi connectivity index (χ2n) is 2.30. The Morgan fingerprint density at radius 1 is 1.67 bits per heavy atom. The van der Waals surface area contributed by atoms with Gasteiger partial charge in [-0.15, -0.1) is 0 Å². The van der Waals surface area contributed by atoms with E-state index in [-0.39, 0.29) is 21.2 Å². The Kier molecular flexibility index (Phi) is 8.36. The van der Waals surface area contributed by atoms with Crippen LogP contribution in [-0.2, 0) is 0 Å². The standard InChI is InChI=1S/C9H14IN.Al.2H/c1-4-6-7-9(5-2)10-8(3)11;;;/h4-8,11H,2H2,1,3H3;;;/q-2;+1;;/b6-4-,9-7+;;;. The van der Waals surface area contributed by atoms with Gasteiger partial charge in [0.05, 0.1) is 0 Å². The molecule has 1 unspecified atom stereocenters. The molecule has 68 valence electrons. The van der Waals surface area contributed by atoms with E-state index < -0.39 is 0 Å². The van der Waals surface area contributed by atoms with E-state index in [0.717, 1.165) is 16.5 Å². The molecule has 0 aromatic carbocycles. The Balaban J connectivity index is 4.07. The molecule has 1 nitrogen and oxygen atoms in total. The number of nitrogens with one attached hydrogen (secondary N) is 1. The minimum absolute atomic E-state index is 0.0989. The van der Waals surface area contributed by atoms with Gasteiger partial charge in [-0.25, -0.2) is 0 Å². The van der Waals surface area contributed by atoms with Crippen LogP contribution in [0.3, 0.4) is 0 Å². The van der Waals surface area contributed by atoms with E-state index in [0.29, 0.717) is 4.05 Å². The summed E-state index contributed by atoms with van der Waals surface area (Å²) in [6.45, 7) is 8.09. The van der Waals surface area contributed by atoms with Gasteiger partial charge in [-0.2, -0.15) is 0 Å². The number of alkyl halides is 1. The number of hydrogen-bond donors (Lipinski definition) is 1. The fourth-order valence-electron chi connectivity index (χ4n) is 0.581. The molecule has 0 amide bonds. The Hall–Kier alpha value is 0.442. The molecule has 0 rings (SSSR count). The second-order valence-corrected chi connectivity index (χ2v) is 6.61. The molecule has 0 aliphatic heterocycles. The Morgan fingerprint density at radius 2 is 2.33 bits per heavy atom. The van der Waals surface area contributed by atoms with Crippen molar-refractivity contribution < 1.29 is 21.2 Å². The molecule has 12 heavy (non-hydrogen) atoms. The molecule has 0 radical (unpaired) electrons. The average molecular weight is 292 g/mol. The summed E-state index contributed by atoms with van der Waals surface area (Å²) in [5, 5.41) is 0. The summed E-state index contributed by atoms with van der Waals surface area (Å²) in [5.74, 6) is 0. The molecule has 0 spiro atoms. The quantitative estimate of drug-likeness (QED) is 0.207. The first-order chi connectivity index (χ1) is 5.74. The van der Waals surface area contributed by atoms with E-state index in [9.17, 15) is 0 Å². The predicted octanol–water partition coefficient (Wildman–Crippen LogP) is -1.79. The van der Waals surface area contributed by atoms with Gasteiger partial charge in [-0.3, -0.25) is 0 Å². The topological polar surface area (TPSA) is 12.0 Å². The first-order valence-corrected chi connectivity index (χ1v) is 7.33. The molecule has 0 aliphatic carbocycles. The van der Waals surface area contributed by atoms with Crippen molar-refractivity contribution in [2.45, 2.75) is 17.9 Å². The van der Waals surface area contributed by atoms with Crippen molar-refractivity contribution in [3.05, 3.63) is 34.5 Å². The second kappa shape index (κ2) is 8.06. The fourth-order valence-corrected chi connectivity index (χ4v) is 3.37. The van der Waals surface area contributed by atoms with Crippen LogP contribution < -0.4 is 25.5 Å². The monoisotopic (exact) mass is 292 g/mol. The van der Waals surface area contributed by atoms with Gasteiger partial charge in [0, 0.05) is 0 Å². The van der Waals surface area contributed by atoms with Crippen LogP contribution >= 0.6 is 0 Å². The van der Waals surface area contributed by atoms with E-state index in [1.165, 1.54) is 3.58 Å². The number of hydrogen-bond acceptors (Lipinski definition) is 1. The maximum absolute atomic E-state index is 3.81. The summed E-state index contributed by atoms with van der Waals surface area (Å²) >= 11 is 1.18. The maximum atomic E-state index is 3.81. The van der Waals surface area contributed by atoms with Crippen molar-refractivity contribution in [1.29, 1.82) is 0 Å². The van der Waals surface area contributed by atoms with Crippen LogP contribution in [0.15, 0.2) is 34.5 Å². The van der Waals surface area contributed by atoms with Crippen LogP contribution in [0.25, 0.3) is 0 Å². The zero-order chi connectivity index (χ0) is 9.40. The fraction of sp³-hybridized carbons (Fsp3) is 0.333. The average Bonchev–Trinajstić information content (AvgIpc) is 2.11. The summed E-state index contributed by atoms with van der Waals surface area (Å²) < 4.78 is 5.47. The van der Waals surface area contributed by atoms with Gasteiger partial charge in [-0.1, -0.05) is 0 Å². The summed E-state index contributed by atoms with van der Waals surface area (Å²) in [5.41, 5.74) is 0. The van der Waals surface area contributed by atoms with Gasteiger partial charge < -0.3 is 0 Å². The Bertz CT molecular complexity index is 187. The number of halogens is 1. The third kappa shape index (κ3) is 6.01. The van der Waals surface area contributed by atoms with Gasteiger partial charge >= 0.3 is 94.4 Å². The molecular formula is C9H16AlIN-. The molecule has 0 saturated carbocycles. The molecule has 0 fully saturated rings. The van der Waals surface area contributed by atoms with Crippen molar-refractivity contribution in [2.75, 3.05) is 0 Å². The molecule has 1 N–H and O–H groups in total. The molecule has 1 atom stereocenters. The first-order valence-electron chi connectivity index (χ1n) is 4.00. The van der Waals surface area contributed by atoms with E-state index in [1.54, 1.807) is 0 Å². The van der Waals surface area contributed by atoms with E-state index >= 15 is 0 Å². The summed E-state index contributed by atoms with van der Waals surface area (Å²) in [6.07, 6.45) is 8.26. The van der Waals surface area contributed by atoms with Gasteiger partial charge in [0.2, 0.25) is 0 Å². The summed E-state index contributed by atoms with van der Waals surface area (Å²) in [6, 6.07) is 0. The first kappa shape index (κ1) is 12.4. The van der Waals surface area contributed by atoms with E-state index in [2.05, 4.69) is 30.0 Å². The molecule has 3 heteroatoms. The predicted molar refractivity (Wildman–Crippen MR) is 54.2 cm³/mol. The van der Waals surface area contributed by atoms with Crippen molar-refractivity contribution in [1.82, 2.24) is 4.30 Å². The van der Waals surface area contributed by atoms with Crippen molar-refractivity contribution in [3.8, 4) is 0 Å². The van der Waals surface area contributed by atoms with Gasteiger partial charge in [0.15, 0.2) is 0 Å². The van der Waals surface area contributed by atoms with E-state index in [4.69, 9.17) is 0 Å². The SMILES string of the molecule is C=C/C(=C\C=C/C)[I-]C(C)[NH][AlH2]. The molecule has 0 heterocycles. The third-order valence-electron chi connectivity index (χ3n) is 1.33. The van der Waals surface area contributed by atoms with Crippen LogP contribution in [0.4, 0.5) is 0 Å². The van der Waals surface area contributed by atoms with Crippen LogP contribution in [0.2, 0.25) is 0 Å². The van der Waals surface area contributed by atoms with Crippen molar-refractivity contribution >= 4 is 16.5 Å². The molecule has 0 aromatic rings. The third-order valence-corrected chi connectivity index (χ3v) is 6.45. The van der Waals surface area contributed by atoms with Crippen LogP contribution in [-0.4, -0.2) is 20.6 Å². The Morgan fingerprint density at radius 3 is 2.75 bits per heavy atom. The minimum atomic E-state index is 0.0989. The van der Waals surface area contributed by atoms with E-state index in [1.807, 2.05) is 19.1 Å². The van der Waals surface area contributed by atoms with Gasteiger partial charge in [0.1, 0.15) is 0 Å². The molecule has 0 saturated heterocycles. The summed E-state index contributed by atoms with van der Waals surface area (Å²) in [4.78, 5) is 0. The number of rotatable bonds is 5. The molecule has 0 bridgehead atoms. The van der Waals surface area contributed by atoms with Crippen molar-refractivity contribution in [2.24, 2.45) is 0 Å². The van der Waals surface area contributed by atoms with Crippen LogP contribution in [0, 0.1) is 0 Å². The van der Waals surface area contributed by atoms with Crippen molar-refractivity contribution in [3.63, 3.8) is 0 Å². The van der Waals surface area contributed by atoms with Crippen LogP contribution in [0.5, 0.6) is 0 Å². The van der Waals surface area contributed by atoms with Gasteiger partial charge in [0.25, 0.3) is 0 Å². The zero-order valence-corrected chi connectivity index (χ0v) is 12.1. The zero-order valence-electron chi connectivity index (χ0n) is 7.97. The Labute approximate surface area is 93.9 Å². The molecule has 0 aliphatic rings. The molecular weight excluding hydrogens is 276 g/mol. The summed E-state index contributed by atoms with van der Waals surface area (Å²) in [7, 11) is 0. The van der Waals surface area contributed by atoms with Crippen LogP contribution in [0.1, 0.15) is 13.8 Å². The van der Waals surface area contributed by atoms with Gasteiger partial charge in [-0.05, 0) is 0 Å². The molecule has 0 aromatic heterocycles. The number of allylic oxidation sites excluding steroid dienone is 5. The normalized spacial score (nSPS) is 15.3.